The van der Waals surface area contributed by atoms with E-state index in [2.05, 4.69) is 129 Å². The summed E-state index contributed by atoms with van der Waals surface area (Å²) in [6, 6.07) is 0.889. The first kappa shape index (κ1) is 52.5. The molecular weight excluding hydrogens is 745 g/mol. The second kappa shape index (κ2) is 23.0. The Labute approximate surface area is 305 Å². The minimum atomic E-state index is -2.33. The topological polar surface area (TPSA) is 108 Å². The van der Waals surface area contributed by atoms with E-state index in [-0.39, 0.29) is 11.9 Å². The zero-order valence-corrected chi connectivity index (χ0v) is 42.8. The van der Waals surface area contributed by atoms with Crippen LogP contribution in [0.5, 0.6) is 0 Å². The first-order valence-electron chi connectivity index (χ1n) is 17.1. The zero-order chi connectivity index (χ0) is 38.8. The largest absolute Gasteiger partial charge is 0.469 e. The highest BCUT2D eigenvalue weighted by Gasteiger charge is 2.44. The van der Waals surface area contributed by atoms with E-state index < -0.39 is 68.2 Å². The molecule has 18 heteroatoms. The molecule has 0 amide bonds. The summed E-state index contributed by atoms with van der Waals surface area (Å²) in [6.45, 7) is 42.6. The molecule has 0 aliphatic rings. The molecule has 0 saturated heterocycles. The fourth-order valence-electron chi connectivity index (χ4n) is 4.87. The highest BCUT2D eigenvalue weighted by molar-refractivity contribution is 6.89. The highest BCUT2D eigenvalue weighted by Crippen LogP contribution is 2.28. The second-order valence-electron chi connectivity index (χ2n) is 16.8. The van der Waals surface area contributed by atoms with E-state index in [1.54, 1.807) is 6.08 Å². The van der Waals surface area contributed by atoms with E-state index in [9.17, 15) is 9.59 Å². The molecule has 2 atom stereocenters. The summed E-state index contributed by atoms with van der Waals surface area (Å²) in [5, 5.41) is 0. The number of carbonyl (C=O) groups is 2. The molecule has 0 aliphatic heterocycles. The van der Waals surface area contributed by atoms with E-state index in [1.165, 1.54) is 14.2 Å². The minimum Gasteiger partial charge on any atom is -0.469 e. The van der Waals surface area contributed by atoms with Crippen LogP contribution < -0.4 is 0 Å². The standard InChI is InChI=1S/C15H38O5Si4.C9H28O3Si4.C6H10O2/c1-17-15(16)13-11-12-14-24(10,19-22(5,6)7)20-23(8,9)18-21(2,3)4;1-13(10-14(2,3)4)11-16(8,9)12-15(5,6)7;1-3-4-5-6(7)8-2/h11-14H2,1-10H3;13H,1-9H3;3H,1,4-5H2,2H3. The fourth-order valence-corrected chi connectivity index (χ4v) is 37.2. The summed E-state index contributed by atoms with van der Waals surface area (Å²) in [7, 11) is -11.6. The van der Waals surface area contributed by atoms with Crippen LogP contribution in [0.3, 0.4) is 0 Å². The van der Waals surface area contributed by atoms with E-state index in [4.69, 9.17) is 29.4 Å². The molecule has 48 heavy (non-hydrogen) atoms. The smallest absolute Gasteiger partial charge is 0.315 e. The van der Waals surface area contributed by atoms with Crippen molar-refractivity contribution in [1.29, 1.82) is 0 Å². The van der Waals surface area contributed by atoms with Gasteiger partial charge in [-0.3, -0.25) is 9.59 Å². The highest BCUT2D eigenvalue weighted by atomic mass is 28.5. The third-order valence-electron chi connectivity index (χ3n) is 5.33. The Morgan fingerprint density at radius 1 is 0.562 bits per heavy atom. The number of methoxy groups -OCH3 is 2. The number of esters is 2. The van der Waals surface area contributed by atoms with Gasteiger partial charge in [0.25, 0.3) is 9.28 Å². The van der Waals surface area contributed by atoms with Crippen LogP contribution >= 0.6 is 0 Å². The van der Waals surface area contributed by atoms with Crippen molar-refractivity contribution in [3.63, 3.8) is 0 Å². The van der Waals surface area contributed by atoms with Gasteiger partial charge in [-0.25, -0.2) is 0 Å². The van der Waals surface area contributed by atoms with E-state index in [1.807, 2.05) is 0 Å². The van der Waals surface area contributed by atoms with Gasteiger partial charge in [0.05, 0.1) is 14.2 Å². The van der Waals surface area contributed by atoms with Crippen molar-refractivity contribution >= 4 is 80.2 Å². The maximum atomic E-state index is 11.3. The molecule has 2 unspecified atom stereocenters. The van der Waals surface area contributed by atoms with Gasteiger partial charge in [0.1, 0.15) is 0 Å². The van der Waals surface area contributed by atoms with Gasteiger partial charge in [-0.2, -0.15) is 0 Å². The van der Waals surface area contributed by atoms with E-state index in [0.717, 1.165) is 18.9 Å². The van der Waals surface area contributed by atoms with Crippen molar-refractivity contribution < 1.29 is 43.8 Å². The van der Waals surface area contributed by atoms with Gasteiger partial charge in [-0.05, 0) is 137 Å². The van der Waals surface area contributed by atoms with Gasteiger partial charge in [0.15, 0.2) is 33.3 Å². The monoisotopic (exact) mass is 820 g/mol. The molecule has 0 heterocycles. The van der Waals surface area contributed by atoms with Crippen molar-refractivity contribution in [3.05, 3.63) is 12.7 Å². The molecule has 0 aromatic heterocycles. The number of rotatable bonds is 20. The van der Waals surface area contributed by atoms with Gasteiger partial charge in [-0.1, -0.05) is 12.5 Å². The predicted molar refractivity (Wildman–Crippen MR) is 222 cm³/mol. The number of allylic oxidation sites excluding steroid dienone is 1. The lowest BCUT2D eigenvalue weighted by Crippen LogP contribution is -2.56. The summed E-state index contributed by atoms with van der Waals surface area (Å²) < 4.78 is 46.8. The molecule has 0 N–H and O–H groups in total. The maximum absolute atomic E-state index is 11.3. The Hall–Kier alpha value is 0.175. The lowest BCUT2D eigenvalue weighted by molar-refractivity contribution is -0.141. The number of ether oxygens (including phenoxy) is 2. The molecule has 0 saturated carbocycles. The normalized spacial score (nSPS) is 14.8. The summed E-state index contributed by atoms with van der Waals surface area (Å²) in [6.07, 6.45) is 5.02. The predicted octanol–water partition coefficient (Wildman–Crippen LogP) is 9.21. The van der Waals surface area contributed by atoms with Crippen LogP contribution in [0.4, 0.5) is 0 Å². The molecule has 0 aromatic rings. The molecule has 0 rings (SSSR count). The number of hydrogen-bond acceptors (Lipinski definition) is 10. The molecule has 0 fully saturated rings. The zero-order valence-electron chi connectivity index (χ0n) is 34.7. The van der Waals surface area contributed by atoms with Gasteiger partial charge in [0.2, 0.25) is 0 Å². The minimum absolute atomic E-state index is 0.151. The molecular formula is C30H76O10Si8. The Bertz CT molecular complexity index is 927. The quantitative estimate of drug-likeness (QED) is 0.0511. The molecule has 10 nitrogen and oxygen atoms in total. The van der Waals surface area contributed by atoms with Gasteiger partial charge in [-0.15, -0.1) is 6.58 Å². The molecule has 0 aliphatic carbocycles. The number of carbonyl (C=O) groups excluding carboxylic acids is 2. The molecule has 288 valence electrons. The first-order chi connectivity index (χ1) is 21.2. The second-order valence-corrected chi connectivity index (χ2v) is 48.3. The van der Waals surface area contributed by atoms with Crippen LogP contribution in [0.25, 0.3) is 0 Å². The van der Waals surface area contributed by atoms with Gasteiger partial charge < -0.3 is 34.2 Å². The van der Waals surface area contributed by atoms with Crippen LogP contribution in [0.1, 0.15) is 32.1 Å². The van der Waals surface area contributed by atoms with Crippen LogP contribution in [0.15, 0.2) is 12.7 Å². The molecule has 0 bridgehead atoms. The van der Waals surface area contributed by atoms with Crippen molar-refractivity contribution in [2.24, 2.45) is 0 Å². The Morgan fingerprint density at radius 3 is 1.35 bits per heavy atom. The third kappa shape index (κ3) is 37.4. The summed E-state index contributed by atoms with van der Waals surface area (Å²) in [4.78, 5) is 21.6. The number of hydrogen-bond donors (Lipinski definition) is 0. The Balaban J connectivity index is -0.000000721. The van der Waals surface area contributed by atoms with E-state index >= 15 is 0 Å². The summed E-state index contributed by atoms with van der Waals surface area (Å²) in [5.74, 6) is -0.327. The maximum Gasteiger partial charge on any atom is 0.315 e. The average Bonchev–Trinajstić information content (AvgIpc) is 2.79. The summed E-state index contributed by atoms with van der Waals surface area (Å²) in [5.41, 5.74) is 0. The first-order valence-corrected chi connectivity index (χ1v) is 41.0. The third-order valence-corrected chi connectivity index (χ3v) is 31.0. The molecule has 0 spiro atoms. The lowest BCUT2D eigenvalue weighted by atomic mass is 10.2. The van der Waals surface area contributed by atoms with Crippen LogP contribution in [-0.2, 0) is 43.8 Å². The molecule has 0 aromatic carbocycles. The lowest BCUT2D eigenvalue weighted by Gasteiger charge is -2.41. The molecule has 0 radical (unpaired) electrons. The SMILES string of the molecule is C=CCCC(=O)OC.COC(=O)CCCC[Si](C)(O[Si](C)(C)C)O[Si](C)(C)O[Si](C)(C)C.C[SiH](O[Si](C)(C)C)O[Si](C)(C)O[Si](C)(C)C. The summed E-state index contributed by atoms with van der Waals surface area (Å²) >= 11 is 0. The fraction of sp³-hybridized carbons (Fsp3) is 0.867. The van der Waals surface area contributed by atoms with Gasteiger partial charge >= 0.3 is 37.6 Å². The van der Waals surface area contributed by atoms with Crippen molar-refractivity contribution in [2.45, 2.75) is 156 Å². The average molecular weight is 822 g/mol. The van der Waals surface area contributed by atoms with Gasteiger partial charge in [0, 0.05) is 12.8 Å². The van der Waals surface area contributed by atoms with Crippen molar-refractivity contribution in [1.82, 2.24) is 0 Å². The van der Waals surface area contributed by atoms with Crippen molar-refractivity contribution in [2.75, 3.05) is 14.2 Å². The van der Waals surface area contributed by atoms with Crippen molar-refractivity contribution in [3.8, 4) is 0 Å². The number of unbranched alkanes of at least 4 members (excludes halogenated alkanes) is 1. The Kier molecular flexibility index (Phi) is 25.1. The van der Waals surface area contributed by atoms with Crippen LogP contribution in [0.2, 0.25) is 124 Å². The van der Waals surface area contributed by atoms with Crippen LogP contribution in [0, 0.1) is 0 Å². The van der Waals surface area contributed by atoms with E-state index in [0.29, 0.717) is 19.3 Å². The Morgan fingerprint density at radius 2 is 0.979 bits per heavy atom. The van der Waals surface area contributed by atoms with Crippen LogP contribution in [-0.4, -0.2) is 94.4 Å².